The van der Waals surface area contributed by atoms with E-state index in [2.05, 4.69) is 20.6 Å². The number of halogens is 3. The van der Waals surface area contributed by atoms with Crippen LogP contribution < -0.4 is 5.32 Å². The average Bonchev–Trinajstić information content (AvgIpc) is 3.08. The van der Waals surface area contributed by atoms with Crippen LogP contribution in [0.4, 0.5) is 19.0 Å². The van der Waals surface area contributed by atoms with E-state index >= 15 is 0 Å². The van der Waals surface area contributed by atoms with Crippen LogP contribution in [0.1, 0.15) is 25.7 Å². The first-order valence-corrected chi connectivity index (χ1v) is 7.07. The van der Waals surface area contributed by atoms with E-state index in [0.29, 0.717) is 30.1 Å². The Balaban J connectivity index is 1.68. The number of aryl methyl sites for hydroxylation is 1. The van der Waals surface area contributed by atoms with Gasteiger partial charge >= 0.3 is 6.18 Å². The topological polar surface area (TPSA) is 68.8 Å². The molecule has 2 aromatic heterocycles. The lowest BCUT2D eigenvalue weighted by molar-refractivity contribution is -0.182. The van der Waals surface area contributed by atoms with Crippen LogP contribution in [0.25, 0.3) is 11.5 Å². The quantitative estimate of drug-likeness (QED) is 0.943. The van der Waals surface area contributed by atoms with Crippen molar-refractivity contribution in [2.45, 2.75) is 37.9 Å². The molecule has 2 heterocycles. The molecule has 0 radical (unpaired) electrons. The highest BCUT2D eigenvalue weighted by Gasteiger charge is 2.41. The van der Waals surface area contributed by atoms with E-state index in [1.165, 1.54) is 6.39 Å². The summed E-state index contributed by atoms with van der Waals surface area (Å²) in [5.41, 5.74) is 0.651. The van der Waals surface area contributed by atoms with Gasteiger partial charge in [0, 0.05) is 19.3 Å². The summed E-state index contributed by atoms with van der Waals surface area (Å²) in [5.74, 6) is -0.300. The summed E-state index contributed by atoms with van der Waals surface area (Å²) in [6, 6.07) is -0.0322. The zero-order valence-corrected chi connectivity index (χ0v) is 12.0. The van der Waals surface area contributed by atoms with Crippen molar-refractivity contribution >= 4 is 5.82 Å². The highest BCUT2D eigenvalue weighted by molar-refractivity contribution is 5.68. The van der Waals surface area contributed by atoms with Crippen molar-refractivity contribution in [3.8, 4) is 11.5 Å². The van der Waals surface area contributed by atoms with Gasteiger partial charge in [-0.25, -0.2) is 0 Å². The first-order valence-electron chi connectivity index (χ1n) is 7.07. The van der Waals surface area contributed by atoms with Crippen LogP contribution in [0.5, 0.6) is 0 Å². The second-order valence-corrected chi connectivity index (χ2v) is 5.54. The second-order valence-electron chi connectivity index (χ2n) is 5.54. The monoisotopic (exact) mass is 315 g/mol. The molecule has 2 aromatic rings. The Bertz CT molecular complexity index is 614. The van der Waals surface area contributed by atoms with Crippen molar-refractivity contribution in [3.63, 3.8) is 0 Å². The molecule has 0 spiro atoms. The molecular weight excluding hydrogens is 299 g/mol. The molecule has 0 amide bonds. The van der Waals surface area contributed by atoms with Gasteiger partial charge in [0.1, 0.15) is 5.56 Å². The highest BCUT2D eigenvalue weighted by Crippen LogP contribution is 2.38. The number of aromatic nitrogens is 4. The fourth-order valence-electron chi connectivity index (χ4n) is 2.80. The van der Waals surface area contributed by atoms with E-state index in [4.69, 9.17) is 4.42 Å². The van der Waals surface area contributed by atoms with E-state index in [1.807, 2.05) is 0 Å². The normalized spacial score (nSPS) is 22.7. The predicted octanol–water partition coefficient (Wildman–Crippen LogP) is 3.00. The minimum absolute atomic E-state index is 0.0322. The number of hydrogen-bond acceptors (Lipinski definition) is 5. The van der Waals surface area contributed by atoms with Crippen molar-refractivity contribution < 1.29 is 17.6 Å². The largest absolute Gasteiger partial charge is 0.423 e. The molecular formula is C13H16F3N5O. The van der Waals surface area contributed by atoms with Crippen LogP contribution in [0, 0.1) is 5.92 Å². The zero-order valence-electron chi connectivity index (χ0n) is 12.0. The van der Waals surface area contributed by atoms with Crippen molar-refractivity contribution in [2.24, 2.45) is 13.0 Å². The molecule has 22 heavy (non-hydrogen) atoms. The molecule has 0 saturated heterocycles. The van der Waals surface area contributed by atoms with Crippen molar-refractivity contribution in [3.05, 3.63) is 12.6 Å². The first-order chi connectivity index (χ1) is 10.4. The van der Waals surface area contributed by atoms with Gasteiger partial charge < -0.3 is 9.73 Å². The molecule has 6 nitrogen and oxygen atoms in total. The molecule has 120 valence electrons. The molecule has 1 aliphatic rings. The Morgan fingerprint density at radius 2 is 2.00 bits per heavy atom. The minimum atomic E-state index is -4.09. The molecule has 0 aromatic carbocycles. The Labute approximate surface area is 124 Å². The van der Waals surface area contributed by atoms with Crippen LogP contribution >= 0.6 is 0 Å². The number of alkyl halides is 3. The van der Waals surface area contributed by atoms with Crippen LogP contribution in [0.2, 0.25) is 0 Å². The summed E-state index contributed by atoms with van der Waals surface area (Å²) in [7, 11) is 1.76. The fourth-order valence-corrected chi connectivity index (χ4v) is 2.80. The molecule has 1 fully saturated rings. The van der Waals surface area contributed by atoms with Gasteiger partial charge in [0.2, 0.25) is 6.39 Å². The summed E-state index contributed by atoms with van der Waals surface area (Å²) in [4.78, 5) is 0. The van der Waals surface area contributed by atoms with Gasteiger partial charge in [0.15, 0.2) is 5.82 Å². The van der Waals surface area contributed by atoms with Crippen molar-refractivity contribution in [1.29, 1.82) is 0 Å². The van der Waals surface area contributed by atoms with E-state index in [-0.39, 0.29) is 18.9 Å². The Morgan fingerprint density at radius 3 is 2.59 bits per heavy atom. The standard InChI is InChI=1S/C13H16F3N5O/c1-21-6-10(12-19-17-7-22-12)11(20-21)18-9-4-2-8(3-5-9)13(14,15)16/h6-9H,2-5H2,1H3,(H,18,20). The highest BCUT2D eigenvalue weighted by atomic mass is 19.4. The minimum Gasteiger partial charge on any atom is -0.423 e. The summed E-state index contributed by atoms with van der Waals surface area (Å²) in [5, 5.41) is 15.0. The van der Waals surface area contributed by atoms with E-state index in [0.717, 1.165) is 0 Å². The first kappa shape index (κ1) is 14.9. The number of nitrogens with zero attached hydrogens (tertiary/aromatic N) is 4. The van der Waals surface area contributed by atoms with Gasteiger partial charge in [-0.3, -0.25) is 4.68 Å². The number of hydrogen-bond donors (Lipinski definition) is 1. The number of anilines is 1. The maximum Gasteiger partial charge on any atom is 0.391 e. The van der Waals surface area contributed by atoms with Crippen LogP contribution in [-0.2, 0) is 7.05 Å². The van der Waals surface area contributed by atoms with Gasteiger partial charge in [-0.15, -0.1) is 10.2 Å². The summed E-state index contributed by atoms with van der Waals surface area (Å²) < 4.78 is 44.8. The SMILES string of the molecule is Cn1cc(-c2nnco2)c(NC2CCC(C(F)(F)F)CC2)n1. The lowest BCUT2D eigenvalue weighted by atomic mass is 9.85. The Kier molecular flexibility index (Phi) is 3.79. The molecule has 0 bridgehead atoms. The molecule has 9 heteroatoms. The summed E-state index contributed by atoms with van der Waals surface area (Å²) in [6.45, 7) is 0. The van der Waals surface area contributed by atoms with Gasteiger partial charge in [0.05, 0.1) is 5.92 Å². The van der Waals surface area contributed by atoms with E-state index in [1.54, 1.807) is 17.9 Å². The van der Waals surface area contributed by atoms with Crippen molar-refractivity contribution in [2.75, 3.05) is 5.32 Å². The third-order valence-corrected chi connectivity index (χ3v) is 3.95. The zero-order chi connectivity index (χ0) is 15.7. The molecule has 1 N–H and O–H groups in total. The van der Waals surface area contributed by atoms with Crippen LogP contribution in [0.15, 0.2) is 17.0 Å². The maximum absolute atomic E-state index is 12.7. The van der Waals surface area contributed by atoms with E-state index < -0.39 is 12.1 Å². The van der Waals surface area contributed by atoms with E-state index in [9.17, 15) is 13.2 Å². The summed E-state index contributed by atoms with van der Waals surface area (Å²) >= 11 is 0. The van der Waals surface area contributed by atoms with Gasteiger partial charge in [-0.05, 0) is 25.7 Å². The predicted molar refractivity (Wildman–Crippen MR) is 71.9 cm³/mol. The van der Waals surface area contributed by atoms with Gasteiger partial charge in [-0.2, -0.15) is 18.3 Å². The molecule has 3 rings (SSSR count). The number of nitrogens with one attached hydrogen (secondary N) is 1. The second kappa shape index (κ2) is 5.62. The summed E-state index contributed by atoms with van der Waals surface area (Å²) in [6.07, 6.45) is 0.0740. The van der Waals surface area contributed by atoms with Crippen LogP contribution in [-0.4, -0.2) is 32.2 Å². The average molecular weight is 315 g/mol. The maximum atomic E-state index is 12.7. The lowest BCUT2D eigenvalue weighted by Crippen LogP contribution is -2.33. The van der Waals surface area contributed by atoms with Crippen LogP contribution in [0.3, 0.4) is 0 Å². The van der Waals surface area contributed by atoms with Gasteiger partial charge in [-0.1, -0.05) is 0 Å². The fraction of sp³-hybridized carbons (Fsp3) is 0.615. The lowest BCUT2D eigenvalue weighted by Gasteiger charge is -2.30. The molecule has 0 atom stereocenters. The molecule has 1 saturated carbocycles. The van der Waals surface area contributed by atoms with Crippen molar-refractivity contribution in [1.82, 2.24) is 20.0 Å². The van der Waals surface area contributed by atoms with Gasteiger partial charge in [0.25, 0.3) is 5.89 Å². The Morgan fingerprint density at radius 1 is 1.27 bits per heavy atom. The third-order valence-electron chi connectivity index (χ3n) is 3.95. The molecule has 0 unspecified atom stereocenters. The third kappa shape index (κ3) is 3.07. The molecule has 0 aliphatic heterocycles. The number of rotatable bonds is 3. The Hall–Kier alpha value is -2.06. The smallest absolute Gasteiger partial charge is 0.391 e. The molecule has 1 aliphatic carbocycles.